The van der Waals surface area contributed by atoms with Crippen molar-refractivity contribution in [2.24, 2.45) is 0 Å². The van der Waals surface area contributed by atoms with Gasteiger partial charge in [-0.05, 0) is 72.6 Å². The van der Waals surface area contributed by atoms with Crippen molar-refractivity contribution in [1.29, 1.82) is 0 Å². The highest BCUT2D eigenvalue weighted by Crippen LogP contribution is 2.22. The summed E-state index contributed by atoms with van der Waals surface area (Å²) >= 11 is 0. The lowest BCUT2D eigenvalue weighted by Gasteiger charge is -2.24. The van der Waals surface area contributed by atoms with E-state index in [2.05, 4.69) is 0 Å². The number of aliphatic hydroxyl groups is 3. The van der Waals surface area contributed by atoms with Crippen LogP contribution in [-0.2, 0) is 13.2 Å². The number of aliphatic hydroxyl groups excluding tert-OH is 2. The standard InChI is InChI=1S/C25H34O4/c1-3-25(28,4-2)15-5-6-16-29-24-13-10-20(11-14-24)7-8-21-9-12-22(18-26)23(17-21)19-27/h7-14,17,26-28H,3-6,15-16,18-19H2,1-2H3/b8-7+. The van der Waals surface area contributed by atoms with Gasteiger partial charge in [0.05, 0.1) is 25.4 Å². The van der Waals surface area contributed by atoms with Crippen LogP contribution in [0.2, 0.25) is 0 Å². The third-order valence-corrected chi connectivity index (χ3v) is 5.54. The average Bonchev–Trinajstić information content (AvgIpc) is 2.77. The lowest BCUT2D eigenvalue weighted by atomic mass is 9.91. The first-order chi connectivity index (χ1) is 14.0. The zero-order valence-electron chi connectivity index (χ0n) is 17.6. The van der Waals surface area contributed by atoms with Crippen LogP contribution in [0.4, 0.5) is 0 Å². The Kier molecular flexibility index (Phi) is 9.39. The molecule has 4 heteroatoms. The van der Waals surface area contributed by atoms with Crippen LogP contribution < -0.4 is 4.74 Å². The molecule has 0 heterocycles. The molecule has 0 unspecified atom stereocenters. The summed E-state index contributed by atoms with van der Waals surface area (Å²) in [6.07, 6.45) is 8.31. The van der Waals surface area contributed by atoms with E-state index in [1.807, 2.05) is 68.5 Å². The summed E-state index contributed by atoms with van der Waals surface area (Å²) in [6, 6.07) is 13.6. The Hall–Kier alpha value is -2.14. The number of hydrogen-bond acceptors (Lipinski definition) is 4. The summed E-state index contributed by atoms with van der Waals surface area (Å²) in [5, 5.41) is 29.0. The molecule has 29 heavy (non-hydrogen) atoms. The topological polar surface area (TPSA) is 69.9 Å². The van der Waals surface area contributed by atoms with E-state index in [0.717, 1.165) is 60.1 Å². The first kappa shape index (κ1) is 23.1. The summed E-state index contributed by atoms with van der Waals surface area (Å²) < 4.78 is 5.80. The maximum atomic E-state index is 10.3. The molecule has 0 amide bonds. The first-order valence-corrected chi connectivity index (χ1v) is 10.5. The molecule has 158 valence electrons. The highest BCUT2D eigenvalue weighted by Gasteiger charge is 2.20. The van der Waals surface area contributed by atoms with Crippen LogP contribution in [0.5, 0.6) is 5.75 Å². The zero-order chi connectivity index (χ0) is 21.1. The van der Waals surface area contributed by atoms with Crippen LogP contribution in [0, 0.1) is 0 Å². The maximum Gasteiger partial charge on any atom is 0.119 e. The van der Waals surface area contributed by atoms with Crippen molar-refractivity contribution >= 4 is 12.2 Å². The van der Waals surface area contributed by atoms with E-state index in [1.165, 1.54) is 0 Å². The van der Waals surface area contributed by atoms with Crippen LogP contribution in [-0.4, -0.2) is 27.5 Å². The highest BCUT2D eigenvalue weighted by molar-refractivity contribution is 5.70. The smallest absolute Gasteiger partial charge is 0.119 e. The molecule has 2 aromatic carbocycles. The summed E-state index contributed by atoms with van der Waals surface area (Å²) in [4.78, 5) is 0. The molecule has 3 N–H and O–H groups in total. The number of rotatable bonds is 12. The van der Waals surface area contributed by atoms with E-state index in [9.17, 15) is 15.3 Å². The molecule has 0 aliphatic heterocycles. The van der Waals surface area contributed by atoms with Crippen LogP contribution in [0.1, 0.15) is 68.2 Å². The molecule has 0 atom stereocenters. The fourth-order valence-electron chi connectivity index (χ4n) is 3.27. The second-order valence-electron chi connectivity index (χ2n) is 7.48. The molecule has 0 bridgehead atoms. The van der Waals surface area contributed by atoms with Gasteiger partial charge in [0.1, 0.15) is 5.75 Å². The third-order valence-electron chi connectivity index (χ3n) is 5.54. The zero-order valence-corrected chi connectivity index (χ0v) is 17.6. The van der Waals surface area contributed by atoms with Gasteiger partial charge in [-0.3, -0.25) is 0 Å². The number of benzene rings is 2. The van der Waals surface area contributed by atoms with E-state index in [0.29, 0.717) is 6.61 Å². The average molecular weight is 399 g/mol. The molecule has 0 saturated carbocycles. The quantitative estimate of drug-likeness (QED) is 0.350. The lowest BCUT2D eigenvalue weighted by Crippen LogP contribution is -2.26. The predicted molar refractivity (Wildman–Crippen MR) is 119 cm³/mol. The van der Waals surface area contributed by atoms with E-state index < -0.39 is 5.60 Å². The third kappa shape index (κ3) is 7.32. The van der Waals surface area contributed by atoms with Gasteiger partial charge in [0.25, 0.3) is 0 Å². The SMILES string of the molecule is CCC(O)(CC)CCCCOc1ccc(/C=C/c2ccc(CO)c(CO)c2)cc1. The largest absolute Gasteiger partial charge is 0.494 e. The van der Waals surface area contributed by atoms with Crippen molar-refractivity contribution in [2.75, 3.05) is 6.61 Å². The molecule has 0 saturated heterocycles. The fraction of sp³-hybridized carbons (Fsp3) is 0.440. The Morgan fingerprint density at radius 1 is 0.828 bits per heavy atom. The van der Waals surface area contributed by atoms with Crippen molar-refractivity contribution in [3.05, 3.63) is 64.7 Å². The Morgan fingerprint density at radius 2 is 1.45 bits per heavy atom. The van der Waals surface area contributed by atoms with Gasteiger partial charge in [-0.15, -0.1) is 0 Å². The molecule has 0 fully saturated rings. The predicted octanol–water partition coefficient (Wildman–Crippen LogP) is 4.94. The van der Waals surface area contributed by atoms with E-state index >= 15 is 0 Å². The van der Waals surface area contributed by atoms with E-state index in [1.54, 1.807) is 0 Å². The molecule has 0 aliphatic carbocycles. The van der Waals surface area contributed by atoms with Crippen molar-refractivity contribution in [3.63, 3.8) is 0 Å². The monoisotopic (exact) mass is 398 g/mol. The molecule has 2 aromatic rings. The normalized spacial score (nSPS) is 11.9. The summed E-state index contributed by atoms with van der Waals surface area (Å²) in [5.41, 5.74) is 3.01. The lowest BCUT2D eigenvalue weighted by molar-refractivity contribution is 0.0205. The Labute approximate surface area is 174 Å². The minimum Gasteiger partial charge on any atom is -0.494 e. The Morgan fingerprint density at radius 3 is 2.07 bits per heavy atom. The van der Waals surface area contributed by atoms with Crippen LogP contribution in [0.25, 0.3) is 12.2 Å². The first-order valence-electron chi connectivity index (χ1n) is 10.5. The minimum atomic E-state index is -0.523. The fourth-order valence-corrected chi connectivity index (χ4v) is 3.27. The second kappa shape index (κ2) is 11.8. The van der Waals surface area contributed by atoms with Gasteiger partial charge in [0.2, 0.25) is 0 Å². The van der Waals surface area contributed by atoms with Crippen LogP contribution in [0.15, 0.2) is 42.5 Å². The molecule has 0 spiro atoms. The van der Waals surface area contributed by atoms with Gasteiger partial charge < -0.3 is 20.1 Å². The Balaban J connectivity index is 1.82. The maximum absolute atomic E-state index is 10.3. The number of hydrogen-bond donors (Lipinski definition) is 3. The van der Waals surface area contributed by atoms with Crippen molar-refractivity contribution in [3.8, 4) is 5.75 Å². The van der Waals surface area contributed by atoms with Crippen LogP contribution in [0.3, 0.4) is 0 Å². The molecule has 2 rings (SSSR count). The molecular formula is C25H34O4. The molecule has 0 radical (unpaired) electrons. The molecule has 4 nitrogen and oxygen atoms in total. The van der Waals surface area contributed by atoms with Crippen molar-refractivity contribution in [1.82, 2.24) is 0 Å². The summed E-state index contributed by atoms with van der Waals surface area (Å²) in [5.74, 6) is 0.846. The molecular weight excluding hydrogens is 364 g/mol. The van der Waals surface area contributed by atoms with Gasteiger partial charge in [0, 0.05) is 0 Å². The van der Waals surface area contributed by atoms with Crippen molar-refractivity contribution < 1.29 is 20.1 Å². The van der Waals surface area contributed by atoms with Gasteiger partial charge in [-0.2, -0.15) is 0 Å². The summed E-state index contributed by atoms with van der Waals surface area (Å²) in [6.45, 7) is 4.57. The second-order valence-corrected chi connectivity index (χ2v) is 7.48. The van der Waals surface area contributed by atoms with Gasteiger partial charge in [-0.25, -0.2) is 0 Å². The van der Waals surface area contributed by atoms with Gasteiger partial charge in [0.15, 0.2) is 0 Å². The van der Waals surface area contributed by atoms with Gasteiger partial charge >= 0.3 is 0 Å². The summed E-state index contributed by atoms with van der Waals surface area (Å²) in [7, 11) is 0. The number of unbranched alkanes of at least 4 members (excludes halogenated alkanes) is 1. The minimum absolute atomic E-state index is 0.0700. The number of ether oxygens (including phenoxy) is 1. The Bertz CT molecular complexity index is 761. The van der Waals surface area contributed by atoms with E-state index in [-0.39, 0.29) is 13.2 Å². The molecule has 0 aromatic heterocycles. The van der Waals surface area contributed by atoms with E-state index in [4.69, 9.17) is 4.74 Å². The van der Waals surface area contributed by atoms with Crippen molar-refractivity contribution in [2.45, 2.75) is 64.8 Å². The van der Waals surface area contributed by atoms with Crippen LogP contribution >= 0.6 is 0 Å². The van der Waals surface area contributed by atoms with Gasteiger partial charge in [-0.1, -0.05) is 50.3 Å². The highest BCUT2D eigenvalue weighted by atomic mass is 16.5. The molecule has 0 aliphatic rings.